The summed E-state index contributed by atoms with van der Waals surface area (Å²) in [4.78, 5) is 0.335. The van der Waals surface area contributed by atoms with Crippen molar-refractivity contribution in [1.82, 2.24) is 4.31 Å². The highest BCUT2D eigenvalue weighted by Gasteiger charge is 2.32. The van der Waals surface area contributed by atoms with Crippen LogP contribution < -0.4 is 0 Å². The Kier molecular flexibility index (Phi) is 6.33. The fourth-order valence-electron chi connectivity index (χ4n) is 4.44. The minimum absolute atomic E-state index is 0.335. The third-order valence-corrected chi connectivity index (χ3v) is 8.10. The zero-order valence-electron chi connectivity index (χ0n) is 19.1. The van der Waals surface area contributed by atoms with Crippen molar-refractivity contribution >= 4 is 10.0 Å². The van der Waals surface area contributed by atoms with Gasteiger partial charge in [-0.05, 0) is 52.4 Å². The van der Waals surface area contributed by atoms with Crippen molar-refractivity contribution in [2.75, 3.05) is 0 Å². The van der Waals surface area contributed by atoms with Crippen LogP contribution in [0.1, 0.15) is 27.8 Å². The van der Waals surface area contributed by atoms with Gasteiger partial charge in [-0.2, -0.15) is 4.31 Å². The van der Waals surface area contributed by atoms with Gasteiger partial charge in [-0.3, -0.25) is 0 Å². The summed E-state index contributed by atoms with van der Waals surface area (Å²) in [6, 6.07) is 31.5. The van der Waals surface area contributed by atoms with Crippen molar-refractivity contribution in [2.24, 2.45) is 0 Å². The van der Waals surface area contributed by atoms with Crippen LogP contribution in [0.3, 0.4) is 0 Å². The minimum Gasteiger partial charge on any atom is -0.372 e. The van der Waals surface area contributed by atoms with Crippen LogP contribution in [0.15, 0.2) is 102 Å². The SMILES string of the molecule is Cc1ccc(S(=O)(=O)N2Cc3cccc(-c4ccccc4COCc4ccccc4)c3C2)cc1. The molecule has 0 amide bonds. The van der Waals surface area contributed by atoms with Crippen LogP contribution in [0.25, 0.3) is 11.1 Å². The fourth-order valence-corrected chi connectivity index (χ4v) is 5.82. The molecule has 0 radical (unpaired) electrons. The highest BCUT2D eigenvalue weighted by molar-refractivity contribution is 7.89. The van der Waals surface area contributed by atoms with Crippen molar-refractivity contribution < 1.29 is 13.2 Å². The Morgan fingerprint density at radius 2 is 1.44 bits per heavy atom. The molecule has 4 aromatic rings. The summed E-state index contributed by atoms with van der Waals surface area (Å²) in [5, 5.41) is 0. The first-order valence-electron chi connectivity index (χ1n) is 11.4. The van der Waals surface area contributed by atoms with Gasteiger partial charge in [0.15, 0.2) is 0 Å². The van der Waals surface area contributed by atoms with E-state index in [1.165, 1.54) is 0 Å². The maximum absolute atomic E-state index is 13.3. The molecule has 34 heavy (non-hydrogen) atoms. The lowest BCUT2D eigenvalue weighted by Crippen LogP contribution is -2.25. The Hall–Kier alpha value is -3.25. The molecule has 4 aromatic carbocycles. The number of fused-ring (bicyclic) bond motifs is 1. The molecular formula is C29H27NO3S. The van der Waals surface area contributed by atoms with Gasteiger partial charge in [0.1, 0.15) is 0 Å². The summed E-state index contributed by atoms with van der Waals surface area (Å²) < 4.78 is 34.2. The van der Waals surface area contributed by atoms with E-state index in [0.717, 1.165) is 38.9 Å². The maximum atomic E-state index is 13.3. The van der Waals surface area contributed by atoms with Gasteiger partial charge < -0.3 is 4.74 Å². The molecule has 0 atom stereocenters. The first-order valence-corrected chi connectivity index (χ1v) is 12.8. The molecule has 0 aromatic heterocycles. The number of aryl methyl sites for hydroxylation is 1. The van der Waals surface area contributed by atoms with Gasteiger partial charge in [-0.15, -0.1) is 0 Å². The number of nitrogens with zero attached hydrogens (tertiary/aromatic N) is 1. The molecule has 1 heterocycles. The average Bonchev–Trinajstić information content (AvgIpc) is 3.31. The molecular weight excluding hydrogens is 442 g/mol. The largest absolute Gasteiger partial charge is 0.372 e. The van der Waals surface area contributed by atoms with E-state index >= 15 is 0 Å². The minimum atomic E-state index is -3.57. The number of rotatable bonds is 7. The highest BCUT2D eigenvalue weighted by atomic mass is 32.2. The number of hydrogen-bond acceptors (Lipinski definition) is 3. The van der Waals surface area contributed by atoms with Gasteiger partial charge in [0.05, 0.1) is 18.1 Å². The van der Waals surface area contributed by atoms with E-state index in [4.69, 9.17) is 4.74 Å². The van der Waals surface area contributed by atoms with Crippen molar-refractivity contribution in [3.63, 3.8) is 0 Å². The zero-order valence-corrected chi connectivity index (χ0v) is 20.0. The number of ether oxygens (including phenoxy) is 1. The monoisotopic (exact) mass is 469 g/mol. The molecule has 0 fully saturated rings. The summed E-state index contributed by atoms with van der Waals surface area (Å²) in [7, 11) is -3.57. The second-order valence-electron chi connectivity index (χ2n) is 8.66. The second-order valence-corrected chi connectivity index (χ2v) is 10.6. The topological polar surface area (TPSA) is 46.6 Å². The molecule has 172 valence electrons. The van der Waals surface area contributed by atoms with E-state index in [1.807, 2.05) is 61.5 Å². The number of benzene rings is 4. The van der Waals surface area contributed by atoms with E-state index in [1.54, 1.807) is 16.4 Å². The van der Waals surface area contributed by atoms with Crippen LogP contribution in [-0.2, 0) is 41.1 Å². The van der Waals surface area contributed by atoms with E-state index in [9.17, 15) is 8.42 Å². The average molecular weight is 470 g/mol. The zero-order chi connectivity index (χ0) is 23.5. The molecule has 5 rings (SSSR count). The molecule has 5 heteroatoms. The van der Waals surface area contributed by atoms with E-state index < -0.39 is 10.0 Å². The molecule has 1 aliphatic heterocycles. The highest BCUT2D eigenvalue weighted by Crippen LogP contribution is 2.37. The molecule has 0 aliphatic carbocycles. The molecule has 0 saturated heterocycles. The summed E-state index contributed by atoms with van der Waals surface area (Å²) in [6.07, 6.45) is 0. The Morgan fingerprint density at radius 1 is 0.735 bits per heavy atom. The predicted octanol–water partition coefficient (Wildman–Crippen LogP) is 6.08. The quantitative estimate of drug-likeness (QED) is 0.329. The van der Waals surface area contributed by atoms with E-state index in [2.05, 4.69) is 30.3 Å². The van der Waals surface area contributed by atoms with Crippen LogP contribution in [-0.4, -0.2) is 12.7 Å². The smallest absolute Gasteiger partial charge is 0.243 e. The van der Waals surface area contributed by atoms with Gasteiger partial charge in [-0.25, -0.2) is 8.42 Å². The molecule has 0 bridgehead atoms. The lowest BCUT2D eigenvalue weighted by Gasteiger charge is -2.16. The summed E-state index contributed by atoms with van der Waals surface area (Å²) in [6.45, 7) is 3.73. The number of hydrogen-bond donors (Lipinski definition) is 0. The summed E-state index contributed by atoms with van der Waals surface area (Å²) in [5.74, 6) is 0. The van der Waals surface area contributed by atoms with Crippen LogP contribution >= 0.6 is 0 Å². The lowest BCUT2D eigenvalue weighted by atomic mass is 9.94. The summed E-state index contributed by atoms with van der Waals surface area (Å²) >= 11 is 0. The second kappa shape index (κ2) is 9.55. The van der Waals surface area contributed by atoms with Gasteiger partial charge >= 0.3 is 0 Å². The van der Waals surface area contributed by atoms with Gasteiger partial charge in [0, 0.05) is 13.1 Å². The third-order valence-electron chi connectivity index (χ3n) is 6.29. The van der Waals surface area contributed by atoms with Gasteiger partial charge in [0.25, 0.3) is 0 Å². The van der Waals surface area contributed by atoms with Crippen molar-refractivity contribution in [3.05, 3.63) is 125 Å². The van der Waals surface area contributed by atoms with Crippen LogP contribution in [0, 0.1) is 6.92 Å². The van der Waals surface area contributed by atoms with Crippen LogP contribution in [0.4, 0.5) is 0 Å². The standard InChI is InChI=1S/C29H27NO3S/c1-22-14-16-26(17-15-22)34(31,32)30-18-24-11-7-13-28(29(24)19-30)27-12-6-5-10-25(27)21-33-20-23-8-3-2-4-9-23/h2-17H,18-21H2,1H3. The fraction of sp³-hybridized carbons (Fsp3) is 0.172. The Balaban J connectivity index is 1.40. The molecule has 4 nitrogen and oxygen atoms in total. The first-order chi connectivity index (χ1) is 16.5. The molecule has 0 N–H and O–H groups in total. The lowest BCUT2D eigenvalue weighted by molar-refractivity contribution is 0.107. The Morgan fingerprint density at radius 3 is 2.24 bits per heavy atom. The molecule has 0 unspecified atom stereocenters. The summed E-state index contributed by atoms with van der Waals surface area (Å²) in [5.41, 5.74) is 7.53. The van der Waals surface area contributed by atoms with Crippen molar-refractivity contribution in [1.29, 1.82) is 0 Å². The molecule has 0 spiro atoms. The Bertz CT molecular complexity index is 1400. The molecule has 1 aliphatic rings. The van der Waals surface area contributed by atoms with Crippen LogP contribution in [0.2, 0.25) is 0 Å². The predicted molar refractivity (Wildman–Crippen MR) is 134 cm³/mol. The van der Waals surface area contributed by atoms with E-state index in [0.29, 0.717) is 31.2 Å². The third kappa shape index (κ3) is 4.55. The van der Waals surface area contributed by atoms with Crippen molar-refractivity contribution in [2.45, 2.75) is 38.1 Å². The maximum Gasteiger partial charge on any atom is 0.243 e. The van der Waals surface area contributed by atoms with Gasteiger partial charge in [-0.1, -0.05) is 90.5 Å². The Labute approximate surface area is 201 Å². The normalized spacial score (nSPS) is 13.7. The number of sulfonamides is 1. The van der Waals surface area contributed by atoms with Gasteiger partial charge in [0.2, 0.25) is 10.0 Å². The first kappa shape index (κ1) is 22.5. The van der Waals surface area contributed by atoms with E-state index in [-0.39, 0.29) is 0 Å². The molecule has 0 saturated carbocycles. The van der Waals surface area contributed by atoms with Crippen molar-refractivity contribution in [3.8, 4) is 11.1 Å². The van der Waals surface area contributed by atoms with Crippen LogP contribution in [0.5, 0.6) is 0 Å².